The largest absolute Gasteiger partial charge is 0.306 e. The highest BCUT2D eigenvalue weighted by atomic mass is 35.5. The van der Waals surface area contributed by atoms with E-state index >= 15 is 0 Å². The van der Waals surface area contributed by atoms with Gasteiger partial charge in [0.2, 0.25) is 0 Å². The van der Waals surface area contributed by atoms with E-state index in [-0.39, 0.29) is 12.4 Å². The summed E-state index contributed by atoms with van der Waals surface area (Å²) in [5.74, 6) is 0. The molecule has 0 aromatic rings. The monoisotopic (exact) mass is 626 g/mol. The lowest BCUT2D eigenvalue weighted by Gasteiger charge is -2.11. The molecule has 0 aromatic heterocycles. The number of likely N-dealkylation sites (N-methyl/N-ethyl adjacent to an activating group) is 1. The Morgan fingerprint density at radius 3 is 0.767 bits per heavy atom. The summed E-state index contributed by atoms with van der Waals surface area (Å²) in [5, 5.41) is 0. The fourth-order valence-corrected chi connectivity index (χ4v) is 6.44. The van der Waals surface area contributed by atoms with Crippen molar-refractivity contribution in [3.63, 3.8) is 0 Å². The van der Waals surface area contributed by atoms with Crippen molar-refractivity contribution in [3.8, 4) is 0 Å². The molecule has 0 saturated carbocycles. The van der Waals surface area contributed by atoms with Crippen molar-refractivity contribution in [2.24, 2.45) is 0 Å². The highest BCUT2D eigenvalue weighted by Gasteiger charge is 2.01. The van der Waals surface area contributed by atoms with Crippen molar-refractivity contribution in [1.82, 2.24) is 4.90 Å². The van der Waals surface area contributed by atoms with E-state index < -0.39 is 0 Å². The molecule has 0 bridgehead atoms. The smallest absolute Gasteiger partial charge is 0.0159 e. The van der Waals surface area contributed by atoms with E-state index in [0.29, 0.717) is 0 Å². The van der Waals surface area contributed by atoms with Crippen LogP contribution in [0.1, 0.15) is 232 Å². The van der Waals surface area contributed by atoms with Crippen LogP contribution in [-0.4, -0.2) is 25.5 Å². The van der Waals surface area contributed by atoms with Gasteiger partial charge in [0.25, 0.3) is 0 Å². The summed E-state index contributed by atoms with van der Waals surface area (Å²) < 4.78 is 0. The molecule has 0 aliphatic heterocycles. The molecule has 0 spiro atoms. The Bertz CT molecular complexity index is 476. The van der Waals surface area contributed by atoms with Gasteiger partial charge in [-0.05, 0) is 39.8 Å². The minimum Gasteiger partial charge on any atom is -0.306 e. The summed E-state index contributed by atoms with van der Waals surface area (Å²) in [6.45, 7) is 5.74. The minimum atomic E-state index is 0. The molecule has 0 unspecified atom stereocenters. The molecule has 1 nitrogen and oxygen atoms in total. The molecule has 0 radical (unpaired) electrons. The van der Waals surface area contributed by atoms with Gasteiger partial charge in [0.15, 0.2) is 0 Å². The van der Waals surface area contributed by atoms with Crippen LogP contribution in [0.4, 0.5) is 0 Å². The summed E-state index contributed by atoms with van der Waals surface area (Å²) in [7, 11) is 4.41. The van der Waals surface area contributed by atoms with Gasteiger partial charge in [-0.25, -0.2) is 0 Å². The van der Waals surface area contributed by atoms with Crippen molar-refractivity contribution < 1.29 is 0 Å². The van der Waals surface area contributed by atoms with Gasteiger partial charge in [0.1, 0.15) is 0 Å². The molecular formula is C41H84ClN. The topological polar surface area (TPSA) is 3.24 Å². The Morgan fingerprint density at radius 1 is 0.349 bits per heavy atom. The number of rotatable bonds is 36. The van der Waals surface area contributed by atoms with Crippen LogP contribution < -0.4 is 0 Å². The van der Waals surface area contributed by atoms with E-state index in [1.54, 1.807) is 5.57 Å². The molecule has 2 heteroatoms. The molecule has 0 saturated heterocycles. The molecule has 0 atom stereocenters. The van der Waals surface area contributed by atoms with Crippen molar-refractivity contribution >= 4 is 12.4 Å². The van der Waals surface area contributed by atoms with E-state index in [2.05, 4.69) is 38.9 Å². The van der Waals surface area contributed by atoms with Crippen LogP contribution in [0.25, 0.3) is 0 Å². The average Bonchev–Trinajstić information content (AvgIpc) is 2.98. The van der Waals surface area contributed by atoms with Gasteiger partial charge >= 0.3 is 0 Å². The summed E-state index contributed by atoms with van der Waals surface area (Å²) in [4.78, 5) is 2.32. The molecule has 0 rings (SSSR count). The maximum atomic E-state index is 2.55. The molecule has 0 aliphatic rings. The molecular weight excluding hydrogens is 542 g/mol. The number of allylic oxidation sites excluding steroid dienone is 1. The van der Waals surface area contributed by atoms with E-state index in [1.807, 2.05) is 0 Å². The third kappa shape index (κ3) is 40.0. The van der Waals surface area contributed by atoms with Crippen LogP contribution in [0.3, 0.4) is 0 Å². The third-order valence-corrected chi connectivity index (χ3v) is 9.45. The highest BCUT2D eigenvalue weighted by Crippen LogP contribution is 2.20. The Labute approximate surface area is 281 Å². The second-order valence-corrected chi connectivity index (χ2v) is 14.2. The van der Waals surface area contributed by atoms with Gasteiger partial charge < -0.3 is 4.90 Å². The fraction of sp³-hybridized carbons (Fsp3) is 0.951. The zero-order chi connectivity index (χ0) is 30.6. The van der Waals surface area contributed by atoms with Crippen LogP contribution in [0.5, 0.6) is 0 Å². The fourth-order valence-electron chi connectivity index (χ4n) is 6.44. The van der Waals surface area contributed by atoms with Crippen molar-refractivity contribution in [2.45, 2.75) is 232 Å². The summed E-state index contributed by atoms with van der Waals surface area (Å²) >= 11 is 0. The molecule has 0 N–H and O–H groups in total. The summed E-state index contributed by atoms with van der Waals surface area (Å²) in [6.07, 6.45) is 51.9. The molecule has 0 amide bonds. The Kier molecular flexibility index (Phi) is 42.0. The molecule has 0 fully saturated rings. The Morgan fingerprint density at radius 2 is 0.558 bits per heavy atom. The second kappa shape index (κ2) is 40.0. The van der Waals surface area contributed by atoms with Crippen molar-refractivity contribution in [3.05, 3.63) is 11.6 Å². The highest BCUT2D eigenvalue weighted by molar-refractivity contribution is 5.85. The van der Waals surface area contributed by atoms with Gasteiger partial charge in [-0.3, -0.25) is 0 Å². The lowest BCUT2D eigenvalue weighted by molar-refractivity contribution is 0.453. The molecule has 43 heavy (non-hydrogen) atoms. The Balaban J connectivity index is 0. The quantitative estimate of drug-likeness (QED) is 0.0494. The zero-order valence-corrected chi connectivity index (χ0v) is 31.5. The maximum Gasteiger partial charge on any atom is 0.0159 e. The van der Waals surface area contributed by atoms with Crippen LogP contribution >= 0.6 is 12.4 Å². The number of halogens is 1. The molecule has 260 valence electrons. The van der Waals surface area contributed by atoms with E-state index in [4.69, 9.17) is 0 Å². The van der Waals surface area contributed by atoms with Gasteiger partial charge in [-0.15, -0.1) is 12.4 Å². The van der Waals surface area contributed by atoms with Crippen LogP contribution in [0, 0.1) is 0 Å². The van der Waals surface area contributed by atoms with E-state index in [1.165, 1.54) is 218 Å². The van der Waals surface area contributed by atoms with Gasteiger partial charge in [0, 0.05) is 6.54 Å². The second-order valence-electron chi connectivity index (χ2n) is 14.2. The zero-order valence-electron chi connectivity index (χ0n) is 30.7. The van der Waals surface area contributed by atoms with Gasteiger partial charge in [0.05, 0.1) is 0 Å². The number of unbranched alkanes of at least 4 members (excludes halogenated alkanes) is 30. The minimum absolute atomic E-state index is 0. The first kappa shape index (κ1) is 45.1. The predicted octanol–water partition coefficient (Wildman–Crippen LogP) is 15.2. The molecule has 0 aliphatic carbocycles. The lowest BCUT2D eigenvalue weighted by atomic mass is 9.98. The van der Waals surface area contributed by atoms with Crippen molar-refractivity contribution in [2.75, 3.05) is 20.6 Å². The summed E-state index contributed by atoms with van der Waals surface area (Å²) in [5.41, 5.74) is 1.75. The molecule has 0 heterocycles. The Hall–Kier alpha value is -0.0100. The first-order valence-corrected chi connectivity index (χ1v) is 20.0. The number of hydrogen-bond donors (Lipinski definition) is 0. The first-order valence-electron chi connectivity index (χ1n) is 20.0. The van der Waals surface area contributed by atoms with Crippen LogP contribution in [0.15, 0.2) is 11.6 Å². The first-order chi connectivity index (χ1) is 20.7. The van der Waals surface area contributed by atoms with Crippen LogP contribution in [0.2, 0.25) is 0 Å². The van der Waals surface area contributed by atoms with E-state index in [0.717, 1.165) is 6.54 Å². The van der Waals surface area contributed by atoms with E-state index in [9.17, 15) is 0 Å². The predicted molar refractivity (Wildman–Crippen MR) is 202 cm³/mol. The number of hydrogen-bond acceptors (Lipinski definition) is 1. The van der Waals surface area contributed by atoms with Gasteiger partial charge in [-0.2, -0.15) is 0 Å². The number of nitrogens with zero attached hydrogens (tertiary/aromatic N) is 1. The lowest BCUT2D eigenvalue weighted by Crippen LogP contribution is -2.11. The van der Waals surface area contributed by atoms with Crippen molar-refractivity contribution in [1.29, 1.82) is 0 Å². The standard InChI is InChI=1S/C41H83N.ClH/c1-5-7-9-11-13-15-17-19-21-23-25-27-29-31-33-35-37-41(39-40-42(3)4)38-36-34-32-30-28-26-24-22-20-18-16-14-12-10-8-6-2;/h39H,5-38,40H2,1-4H3;1H. The average molecular weight is 627 g/mol. The summed E-state index contributed by atoms with van der Waals surface area (Å²) in [6, 6.07) is 0. The molecule has 0 aromatic carbocycles. The normalized spacial score (nSPS) is 11.3. The van der Waals surface area contributed by atoms with Crippen LogP contribution in [-0.2, 0) is 0 Å². The maximum absolute atomic E-state index is 2.55. The third-order valence-electron chi connectivity index (χ3n) is 9.45. The SMILES string of the molecule is CCCCCCCCCCCCCCCCCCC(=CCN(C)C)CCCCCCCCCCCCCCCCCC.Cl. The van der Waals surface area contributed by atoms with Gasteiger partial charge in [-0.1, -0.05) is 218 Å².